The second-order valence-corrected chi connectivity index (χ2v) is 7.80. The summed E-state index contributed by atoms with van der Waals surface area (Å²) in [6.07, 6.45) is 0.193. The van der Waals surface area contributed by atoms with Crippen molar-refractivity contribution in [3.8, 4) is 0 Å². The van der Waals surface area contributed by atoms with E-state index < -0.39 is 43.4 Å². The number of aromatic carboxylic acids is 1. The van der Waals surface area contributed by atoms with E-state index in [1.54, 1.807) is 0 Å². The Balaban J connectivity index is 2.39. The summed E-state index contributed by atoms with van der Waals surface area (Å²) in [7, 11) is -3.27. The Labute approximate surface area is 131 Å². The second kappa shape index (κ2) is 5.61. The number of carboxylic acid groups (broad SMARTS) is 1. The van der Waals surface area contributed by atoms with Crippen LogP contribution in [0.25, 0.3) is 0 Å². The Morgan fingerprint density at radius 3 is 2.52 bits per heavy atom. The first kappa shape index (κ1) is 16.9. The predicted molar refractivity (Wildman–Crippen MR) is 79.2 cm³/mol. The van der Waals surface area contributed by atoms with Crippen LogP contribution < -0.4 is 5.32 Å². The summed E-state index contributed by atoms with van der Waals surface area (Å²) in [5.74, 6) is -2.80. The third-order valence-corrected chi connectivity index (χ3v) is 5.52. The van der Waals surface area contributed by atoms with Gasteiger partial charge in [0.25, 0.3) is 11.6 Å². The monoisotopic (exact) mass is 342 g/mol. The zero-order valence-corrected chi connectivity index (χ0v) is 12.9. The first-order valence-electron chi connectivity index (χ1n) is 6.58. The molecule has 2 rings (SSSR count). The van der Waals surface area contributed by atoms with Gasteiger partial charge in [-0.15, -0.1) is 0 Å². The van der Waals surface area contributed by atoms with E-state index in [1.807, 2.05) is 0 Å². The summed E-state index contributed by atoms with van der Waals surface area (Å²) in [6, 6.07) is 3.34. The molecule has 1 heterocycles. The van der Waals surface area contributed by atoms with Crippen LogP contribution in [-0.2, 0) is 9.84 Å². The zero-order valence-electron chi connectivity index (χ0n) is 12.1. The first-order chi connectivity index (χ1) is 10.5. The predicted octanol–water partition coefficient (Wildman–Crippen LogP) is 0.600. The maximum Gasteiger partial charge on any atom is 0.343 e. The highest BCUT2D eigenvalue weighted by atomic mass is 32.2. The number of amides is 1. The van der Waals surface area contributed by atoms with Gasteiger partial charge >= 0.3 is 5.97 Å². The van der Waals surface area contributed by atoms with Crippen molar-refractivity contribution in [3.05, 3.63) is 39.4 Å². The standard InChI is InChI=1S/C13H14N2O7S/c1-13(5-6-23(21,22)7-13)14-11(16)8-3-2-4-9(15(19)20)10(8)12(17)18/h2-4H,5-7H2,1H3,(H,14,16)(H,17,18). The molecule has 23 heavy (non-hydrogen) atoms. The van der Waals surface area contributed by atoms with Gasteiger partial charge in [-0.1, -0.05) is 6.07 Å². The van der Waals surface area contributed by atoms with E-state index in [4.69, 9.17) is 0 Å². The summed E-state index contributed by atoms with van der Waals surface area (Å²) in [4.78, 5) is 33.7. The van der Waals surface area contributed by atoms with Crippen LogP contribution in [0.1, 0.15) is 34.1 Å². The number of benzene rings is 1. The van der Waals surface area contributed by atoms with Gasteiger partial charge in [-0.05, 0) is 19.4 Å². The molecular weight excluding hydrogens is 328 g/mol. The van der Waals surface area contributed by atoms with Gasteiger partial charge < -0.3 is 10.4 Å². The molecule has 0 aromatic heterocycles. The van der Waals surface area contributed by atoms with Crippen molar-refractivity contribution in [1.82, 2.24) is 5.32 Å². The molecule has 1 fully saturated rings. The molecule has 1 atom stereocenters. The van der Waals surface area contributed by atoms with Crippen molar-refractivity contribution in [2.45, 2.75) is 18.9 Å². The number of hydrogen-bond acceptors (Lipinski definition) is 6. The Morgan fingerprint density at radius 1 is 1.39 bits per heavy atom. The minimum atomic E-state index is -3.27. The van der Waals surface area contributed by atoms with E-state index in [9.17, 15) is 33.2 Å². The van der Waals surface area contributed by atoms with Gasteiger partial charge in [-0.25, -0.2) is 13.2 Å². The number of nitro benzene ring substituents is 1. The number of sulfone groups is 1. The van der Waals surface area contributed by atoms with Gasteiger partial charge in [0, 0.05) is 6.07 Å². The summed E-state index contributed by atoms with van der Waals surface area (Å²) in [5.41, 5.74) is -2.83. The maximum atomic E-state index is 12.3. The maximum absolute atomic E-state index is 12.3. The lowest BCUT2D eigenvalue weighted by atomic mass is 9.99. The van der Waals surface area contributed by atoms with Crippen LogP contribution in [0.3, 0.4) is 0 Å². The number of nitro groups is 1. The van der Waals surface area contributed by atoms with Gasteiger partial charge in [-0.2, -0.15) is 0 Å². The molecule has 9 nitrogen and oxygen atoms in total. The summed E-state index contributed by atoms with van der Waals surface area (Å²) in [6.45, 7) is 1.53. The molecule has 1 unspecified atom stereocenters. The molecule has 124 valence electrons. The molecule has 10 heteroatoms. The van der Waals surface area contributed by atoms with Crippen LogP contribution in [0.2, 0.25) is 0 Å². The lowest BCUT2D eigenvalue weighted by molar-refractivity contribution is -0.385. The van der Waals surface area contributed by atoms with Crippen LogP contribution in [0.4, 0.5) is 5.69 Å². The first-order valence-corrected chi connectivity index (χ1v) is 8.40. The van der Waals surface area contributed by atoms with Crippen molar-refractivity contribution in [1.29, 1.82) is 0 Å². The lowest BCUT2D eigenvalue weighted by Gasteiger charge is -2.24. The number of rotatable bonds is 4. The van der Waals surface area contributed by atoms with E-state index in [2.05, 4.69) is 5.32 Å². The second-order valence-electron chi connectivity index (χ2n) is 5.62. The third kappa shape index (κ3) is 3.47. The van der Waals surface area contributed by atoms with Crippen molar-refractivity contribution < 1.29 is 28.0 Å². The summed E-state index contributed by atoms with van der Waals surface area (Å²) >= 11 is 0. The molecule has 1 aromatic carbocycles. The normalized spacial score (nSPS) is 22.5. The number of carbonyl (C=O) groups excluding carboxylic acids is 1. The topological polar surface area (TPSA) is 144 Å². The van der Waals surface area contributed by atoms with Gasteiger partial charge in [0.1, 0.15) is 5.56 Å². The minimum absolute atomic E-state index is 0.0789. The zero-order chi connectivity index (χ0) is 17.4. The number of hydrogen-bond donors (Lipinski definition) is 2. The molecule has 0 aliphatic carbocycles. The van der Waals surface area contributed by atoms with Crippen LogP contribution >= 0.6 is 0 Å². The SMILES string of the molecule is CC1(NC(=O)c2cccc([N+](=O)[O-])c2C(=O)O)CCS(=O)(=O)C1. The van der Waals surface area contributed by atoms with Crippen LogP contribution in [0.5, 0.6) is 0 Å². The number of carboxylic acids is 1. The fourth-order valence-corrected chi connectivity index (χ4v) is 4.65. The Morgan fingerprint density at radius 2 is 2.04 bits per heavy atom. The van der Waals surface area contributed by atoms with Crippen LogP contribution in [-0.4, -0.2) is 47.4 Å². The average molecular weight is 342 g/mol. The highest BCUT2D eigenvalue weighted by molar-refractivity contribution is 7.91. The average Bonchev–Trinajstić information content (AvgIpc) is 2.71. The van der Waals surface area contributed by atoms with Gasteiger partial charge in [0.05, 0.1) is 27.5 Å². The quantitative estimate of drug-likeness (QED) is 0.602. The van der Waals surface area contributed by atoms with E-state index >= 15 is 0 Å². The highest BCUT2D eigenvalue weighted by Gasteiger charge is 2.40. The molecule has 2 N–H and O–H groups in total. The third-order valence-electron chi connectivity index (χ3n) is 3.62. The van der Waals surface area contributed by atoms with Crippen molar-refractivity contribution in [2.75, 3.05) is 11.5 Å². The van der Waals surface area contributed by atoms with Gasteiger partial charge in [0.2, 0.25) is 0 Å². The molecule has 1 aliphatic heterocycles. The molecule has 1 aromatic rings. The molecular formula is C13H14N2O7S. The van der Waals surface area contributed by atoms with Crippen LogP contribution in [0, 0.1) is 10.1 Å². The van der Waals surface area contributed by atoms with Gasteiger partial charge in [-0.3, -0.25) is 14.9 Å². The van der Waals surface area contributed by atoms with E-state index in [0.29, 0.717) is 0 Å². The van der Waals surface area contributed by atoms with Crippen molar-refractivity contribution >= 4 is 27.4 Å². The molecule has 0 saturated carbocycles. The van der Waals surface area contributed by atoms with Crippen molar-refractivity contribution in [2.24, 2.45) is 0 Å². The van der Waals surface area contributed by atoms with Crippen molar-refractivity contribution in [3.63, 3.8) is 0 Å². The Bertz CT molecular complexity index is 803. The van der Waals surface area contributed by atoms with Gasteiger partial charge in [0.15, 0.2) is 9.84 Å². The fourth-order valence-electron chi connectivity index (χ4n) is 2.56. The summed E-state index contributed by atoms with van der Waals surface area (Å²) < 4.78 is 23.1. The Hall–Kier alpha value is -2.49. The molecule has 0 bridgehead atoms. The molecule has 1 saturated heterocycles. The van der Waals surface area contributed by atoms with E-state index in [0.717, 1.165) is 12.1 Å². The van der Waals surface area contributed by atoms with Crippen LogP contribution in [0.15, 0.2) is 18.2 Å². The van der Waals surface area contributed by atoms with E-state index in [-0.39, 0.29) is 23.5 Å². The fraction of sp³-hybridized carbons (Fsp3) is 0.385. The number of nitrogens with zero attached hydrogens (tertiary/aromatic N) is 1. The minimum Gasteiger partial charge on any atom is -0.477 e. The molecule has 0 spiro atoms. The lowest BCUT2D eigenvalue weighted by Crippen LogP contribution is -2.47. The number of carbonyl (C=O) groups is 2. The number of nitrogens with one attached hydrogen (secondary N) is 1. The molecule has 1 amide bonds. The smallest absolute Gasteiger partial charge is 0.343 e. The van der Waals surface area contributed by atoms with E-state index in [1.165, 1.54) is 13.0 Å². The summed E-state index contributed by atoms with van der Waals surface area (Å²) in [5, 5.41) is 22.6. The molecule has 0 radical (unpaired) electrons. The highest BCUT2D eigenvalue weighted by Crippen LogP contribution is 2.26. The largest absolute Gasteiger partial charge is 0.477 e. The Kier molecular flexibility index (Phi) is 4.12. The molecule has 1 aliphatic rings.